The summed E-state index contributed by atoms with van der Waals surface area (Å²) >= 11 is 0. The molecule has 1 saturated heterocycles. The van der Waals surface area contributed by atoms with Crippen LogP contribution in [0.2, 0.25) is 0 Å². The summed E-state index contributed by atoms with van der Waals surface area (Å²) in [4.78, 5) is 6.60. The van der Waals surface area contributed by atoms with Crippen molar-refractivity contribution in [3.05, 3.63) is 95.2 Å². The molecule has 178 valence electrons. The maximum absolute atomic E-state index is 9.83. The van der Waals surface area contributed by atoms with Crippen LogP contribution in [0.5, 0.6) is 0 Å². The Labute approximate surface area is 205 Å². The third-order valence-corrected chi connectivity index (χ3v) is 6.00. The van der Waals surface area contributed by atoms with Gasteiger partial charge in [-0.2, -0.15) is 0 Å². The number of aromatic nitrogens is 3. The first-order valence-electron chi connectivity index (χ1n) is 11.8. The van der Waals surface area contributed by atoms with Gasteiger partial charge < -0.3 is 18.9 Å². The van der Waals surface area contributed by atoms with Crippen molar-refractivity contribution in [1.82, 2.24) is 19.6 Å². The van der Waals surface area contributed by atoms with Crippen LogP contribution in [0.15, 0.2) is 71.5 Å². The molecular formula is C28H28N4O3. The van der Waals surface area contributed by atoms with Crippen LogP contribution in [0.25, 0.3) is 11.3 Å². The van der Waals surface area contributed by atoms with E-state index >= 15 is 0 Å². The largest absolute Gasteiger partial charge is 0.385 e. The summed E-state index contributed by atoms with van der Waals surface area (Å²) in [5.74, 6) is 7.77. The minimum absolute atomic E-state index is 0.485. The lowest BCUT2D eigenvalue weighted by atomic mass is 10.1. The zero-order valence-corrected chi connectivity index (χ0v) is 19.7. The van der Waals surface area contributed by atoms with E-state index in [4.69, 9.17) is 9.26 Å². The number of hydrogen-bond acceptors (Lipinski definition) is 6. The molecule has 0 aliphatic carbocycles. The van der Waals surface area contributed by atoms with Gasteiger partial charge in [0, 0.05) is 54.8 Å². The molecule has 7 heteroatoms. The van der Waals surface area contributed by atoms with Crippen molar-refractivity contribution < 1.29 is 14.4 Å². The normalized spacial score (nSPS) is 14.9. The number of imidazole rings is 1. The van der Waals surface area contributed by atoms with Gasteiger partial charge in [-0.3, -0.25) is 4.90 Å². The van der Waals surface area contributed by atoms with Gasteiger partial charge in [-0.05, 0) is 48.9 Å². The number of benzene rings is 2. The highest BCUT2D eigenvalue weighted by atomic mass is 16.5. The SMILES string of the molecule is CC(O)c1nccn1Cc1cc(-c2ccc(C#Cc3ccc(CN4CCOCC4)cc3)cc2)on1. The first kappa shape index (κ1) is 23.1. The zero-order chi connectivity index (χ0) is 24.0. The van der Waals surface area contributed by atoms with Gasteiger partial charge in [0.2, 0.25) is 0 Å². The first-order valence-corrected chi connectivity index (χ1v) is 11.8. The summed E-state index contributed by atoms with van der Waals surface area (Å²) in [5, 5.41) is 14.0. The number of aliphatic hydroxyl groups excluding tert-OH is 1. The third-order valence-electron chi connectivity index (χ3n) is 6.00. The maximum Gasteiger partial charge on any atom is 0.167 e. The van der Waals surface area contributed by atoms with Gasteiger partial charge in [-0.15, -0.1) is 0 Å². The van der Waals surface area contributed by atoms with Crippen LogP contribution in [0.1, 0.15) is 41.2 Å². The Balaban J connectivity index is 1.20. The molecular weight excluding hydrogens is 440 g/mol. The average molecular weight is 469 g/mol. The topological polar surface area (TPSA) is 76.6 Å². The van der Waals surface area contributed by atoms with Crippen LogP contribution in [0.3, 0.4) is 0 Å². The second-order valence-corrected chi connectivity index (χ2v) is 8.68. The highest BCUT2D eigenvalue weighted by Gasteiger charge is 2.13. The number of ether oxygens (including phenoxy) is 1. The number of nitrogens with zero attached hydrogens (tertiary/aromatic N) is 4. The fourth-order valence-electron chi connectivity index (χ4n) is 4.09. The van der Waals surface area contributed by atoms with Crippen molar-refractivity contribution in [2.45, 2.75) is 26.1 Å². The van der Waals surface area contributed by atoms with E-state index in [1.54, 1.807) is 13.1 Å². The number of rotatable bonds is 6. The molecule has 4 aromatic rings. The van der Waals surface area contributed by atoms with Crippen LogP contribution < -0.4 is 0 Å². The standard InChI is InChI=1S/C28H28N4O3/c1-21(33)28-29-12-13-32(28)20-26-18-27(35-30-26)25-10-8-23(9-11-25)3-2-22-4-6-24(7-5-22)19-31-14-16-34-17-15-31/h4-13,18,21,33H,14-17,19-20H2,1H3. The third kappa shape index (κ3) is 5.87. The molecule has 7 nitrogen and oxygen atoms in total. The molecule has 0 radical (unpaired) electrons. The van der Waals surface area contributed by atoms with Crippen LogP contribution in [-0.4, -0.2) is 51.0 Å². The molecule has 1 atom stereocenters. The second-order valence-electron chi connectivity index (χ2n) is 8.68. The molecule has 1 N–H and O–H groups in total. The molecule has 1 unspecified atom stereocenters. The van der Waals surface area contributed by atoms with E-state index < -0.39 is 6.10 Å². The minimum Gasteiger partial charge on any atom is -0.385 e. The van der Waals surface area contributed by atoms with Crippen LogP contribution in [-0.2, 0) is 17.8 Å². The average Bonchev–Trinajstić information content (AvgIpc) is 3.55. The van der Waals surface area contributed by atoms with Crippen molar-refractivity contribution >= 4 is 0 Å². The Morgan fingerprint density at radius 1 is 0.971 bits per heavy atom. The summed E-state index contributed by atoms with van der Waals surface area (Å²) in [7, 11) is 0. The Kier molecular flexibility index (Phi) is 7.05. The van der Waals surface area contributed by atoms with E-state index in [0.717, 1.165) is 55.2 Å². The van der Waals surface area contributed by atoms with E-state index in [0.29, 0.717) is 18.1 Å². The number of hydrogen-bond donors (Lipinski definition) is 1. The van der Waals surface area contributed by atoms with Gasteiger partial charge in [-0.1, -0.05) is 29.1 Å². The van der Waals surface area contributed by atoms with Gasteiger partial charge in [0.1, 0.15) is 17.6 Å². The van der Waals surface area contributed by atoms with Crippen LogP contribution in [0, 0.1) is 11.8 Å². The highest BCUT2D eigenvalue weighted by Crippen LogP contribution is 2.22. The minimum atomic E-state index is -0.641. The van der Waals surface area contributed by atoms with E-state index in [1.165, 1.54) is 5.56 Å². The van der Waals surface area contributed by atoms with Gasteiger partial charge >= 0.3 is 0 Å². The molecule has 0 amide bonds. The Morgan fingerprint density at radius 2 is 1.66 bits per heavy atom. The lowest BCUT2D eigenvalue weighted by Gasteiger charge is -2.26. The predicted octanol–water partition coefficient (Wildman–Crippen LogP) is 3.87. The van der Waals surface area contributed by atoms with Crippen molar-refractivity contribution in [3.63, 3.8) is 0 Å². The summed E-state index contributed by atoms with van der Waals surface area (Å²) in [6, 6.07) is 18.3. The summed E-state index contributed by atoms with van der Waals surface area (Å²) in [6.07, 6.45) is 2.85. The zero-order valence-electron chi connectivity index (χ0n) is 19.7. The molecule has 35 heavy (non-hydrogen) atoms. The van der Waals surface area contributed by atoms with Gasteiger partial charge in [0.05, 0.1) is 19.8 Å². The van der Waals surface area contributed by atoms with Crippen molar-refractivity contribution in [1.29, 1.82) is 0 Å². The van der Waals surface area contributed by atoms with Gasteiger partial charge in [0.15, 0.2) is 5.76 Å². The first-order chi connectivity index (χ1) is 17.1. The number of aliphatic hydroxyl groups is 1. The molecule has 2 aromatic carbocycles. The molecule has 0 bridgehead atoms. The molecule has 3 heterocycles. The molecule has 1 fully saturated rings. The smallest absolute Gasteiger partial charge is 0.167 e. The lowest BCUT2D eigenvalue weighted by molar-refractivity contribution is 0.0342. The van der Waals surface area contributed by atoms with Crippen molar-refractivity contribution in [2.24, 2.45) is 0 Å². The van der Waals surface area contributed by atoms with Crippen LogP contribution >= 0.6 is 0 Å². The fourth-order valence-corrected chi connectivity index (χ4v) is 4.09. The van der Waals surface area contributed by atoms with E-state index in [1.807, 2.05) is 41.1 Å². The Morgan fingerprint density at radius 3 is 2.34 bits per heavy atom. The summed E-state index contributed by atoms with van der Waals surface area (Å²) in [5.41, 5.74) is 4.92. The fraction of sp³-hybridized carbons (Fsp3) is 0.286. The van der Waals surface area contributed by atoms with Crippen molar-refractivity contribution in [3.8, 4) is 23.2 Å². The Bertz CT molecular complexity index is 1300. The second kappa shape index (κ2) is 10.7. The van der Waals surface area contributed by atoms with Crippen molar-refractivity contribution in [2.75, 3.05) is 26.3 Å². The number of morpholine rings is 1. The summed E-state index contributed by atoms with van der Waals surface area (Å²) in [6.45, 7) is 6.74. The monoisotopic (exact) mass is 468 g/mol. The lowest BCUT2D eigenvalue weighted by Crippen LogP contribution is -2.35. The molecule has 2 aromatic heterocycles. The van der Waals surface area contributed by atoms with Gasteiger partial charge in [0.25, 0.3) is 0 Å². The Hall–Kier alpha value is -3.70. The van der Waals surface area contributed by atoms with Crippen LogP contribution in [0.4, 0.5) is 0 Å². The maximum atomic E-state index is 9.83. The molecule has 5 rings (SSSR count). The van der Waals surface area contributed by atoms with E-state index in [-0.39, 0.29) is 0 Å². The van der Waals surface area contributed by atoms with Gasteiger partial charge in [-0.25, -0.2) is 4.98 Å². The van der Waals surface area contributed by atoms with E-state index in [2.05, 4.69) is 51.1 Å². The molecule has 1 aliphatic rings. The quantitative estimate of drug-likeness (QED) is 0.433. The summed E-state index contributed by atoms with van der Waals surface area (Å²) < 4.78 is 12.8. The predicted molar refractivity (Wildman–Crippen MR) is 132 cm³/mol. The van der Waals surface area contributed by atoms with E-state index in [9.17, 15) is 5.11 Å². The highest BCUT2D eigenvalue weighted by molar-refractivity contribution is 5.59. The molecule has 0 spiro atoms. The molecule has 0 saturated carbocycles. The molecule has 1 aliphatic heterocycles.